The van der Waals surface area contributed by atoms with Gasteiger partial charge in [0, 0.05) is 54.2 Å². The van der Waals surface area contributed by atoms with Crippen LogP contribution >= 0.6 is 0 Å². The number of pyridine rings is 1. The van der Waals surface area contributed by atoms with Crippen molar-refractivity contribution in [2.45, 2.75) is 12.5 Å². The number of nitrogens with one attached hydrogen (secondary N) is 2. The highest BCUT2D eigenvalue weighted by molar-refractivity contribution is 6.06. The third-order valence-corrected chi connectivity index (χ3v) is 4.33. The van der Waals surface area contributed by atoms with Crippen LogP contribution in [0.4, 0.5) is 5.69 Å². The number of anilines is 1. The standard InChI is InChI=1S/C18H18N4O/c23-18(16-4-1-5-17-15(16)6-9-20-17)22-10-7-14(12-22)21-13-3-2-8-19-11-13/h1-6,8-9,11,14,20-21H,7,10,12H2. The Balaban J connectivity index is 1.49. The second-order valence-electron chi connectivity index (χ2n) is 5.87. The molecular formula is C18H18N4O. The molecular weight excluding hydrogens is 288 g/mol. The van der Waals surface area contributed by atoms with E-state index < -0.39 is 0 Å². The summed E-state index contributed by atoms with van der Waals surface area (Å²) in [6, 6.07) is 12.0. The van der Waals surface area contributed by atoms with Crippen LogP contribution in [0.5, 0.6) is 0 Å². The van der Waals surface area contributed by atoms with Gasteiger partial charge in [-0.05, 0) is 36.8 Å². The molecule has 0 aliphatic carbocycles. The van der Waals surface area contributed by atoms with E-state index in [1.807, 2.05) is 53.7 Å². The second-order valence-corrected chi connectivity index (χ2v) is 5.87. The van der Waals surface area contributed by atoms with Crippen LogP contribution in [-0.4, -0.2) is 39.9 Å². The molecule has 116 valence electrons. The van der Waals surface area contributed by atoms with Gasteiger partial charge in [-0.25, -0.2) is 0 Å². The number of carbonyl (C=O) groups excluding carboxylic acids is 1. The van der Waals surface area contributed by atoms with Crippen LogP contribution in [0.25, 0.3) is 10.9 Å². The van der Waals surface area contributed by atoms with E-state index in [-0.39, 0.29) is 11.9 Å². The summed E-state index contributed by atoms with van der Waals surface area (Å²) in [6.45, 7) is 1.49. The molecule has 1 aliphatic heterocycles. The van der Waals surface area contributed by atoms with Gasteiger partial charge in [-0.3, -0.25) is 9.78 Å². The van der Waals surface area contributed by atoms with Gasteiger partial charge in [0.1, 0.15) is 0 Å². The number of amides is 1. The van der Waals surface area contributed by atoms with Crippen molar-refractivity contribution in [2.75, 3.05) is 18.4 Å². The van der Waals surface area contributed by atoms with Crippen molar-refractivity contribution in [3.63, 3.8) is 0 Å². The van der Waals surface area contributed by atoms with Gasteiger partial charge >= 0.3 is 0 Å². The zero-order valence-electron chi connectivity index (χ0n) is 12.7. The summed E-state index contributed by atoms with van der Waals surface area (Å²) in [5.74, 6) is 0.102. The van der Waals surface area contributed by atoms with E-state index >= 15 is 0 Å². The maximum Gasteiger partial charge on any atom is 0.254 e. The minimum absolute atomic E-state index is 0.102. The molecule has 3 heterocycles. The van der Waals surface area contributed by atoms with E-state index in [0.29, 0.717) is 6.54 Å². The van der Waals surface area contributed by atoms with Gasteiger partial charge < -0.3 is 15.2 Å². The molecule has 1 saturated heterocycles. The number of hydrogen-bond donors (Lipinski definition) is 2. The monoisotopic (exact) mass is 306 g/mol. The Hall–Kier alpha value is -2.82. The number of H-pyrrole nitrogens is 1. The van der Waals surface area contributed by atoms with Crippen LogP contribution in [0.2, 0.25) is 0 Å². The Morgan fingerprint density at radius 2 is 2.22 bits per heavy atom. The first-order valence-corrected chi connectivity index (χ1v) is 7.83. The molecule has 4 rings (SSSR count). The molecule has 3 aromatic rings. The smallest absolute Gasteiger partial charge is 0.254 e. The van der Waals surface area contributed by atoms with Crippen LogP contribution < -0.4 is 5.32 Å². The minimum atomic E-state index is 0.102. The van der Waals surface area contributed by atoms with Crippen LogP contribution in [0.3, 0.4) is 0 Å². The third kappa shape index (κ3) is 2.65. The van der Waals surface area contributed by atoms with E-state index in [0.717, 1.165) is 35.1 Å². The first-order chi connectivity index (χ1) is 11.3. The summed E-state index contributed by atoms with van der Waals surface area (Å²) >= 11 is 0. The van der Waals surface area contributed by atoms with Crippen molar-refractivity contribution in [1.29, 1.82) is 0 Å². The van der Waals surface area contributed by atoms with E-state index in [1.54, 1.807) is 6.20 Å². The minimum Gasteiger partial charge on any atom is -0.379 e. The largest absolute Gasteiger partial charge is 0.379 e. The summed E-state index contributed by atoms with van der Waals surface area (Å²) < 4.78 is 0. The lowest BCUT2D eigenvalue weighted by Gasteiger charge is -2.18. The van der Waals surface area contributed by atoms with Crippen molar-refractivity contribution in [2.24, 2.45) is 0 Å². The topological polar surface area (TPSA) is 61.0 Å². The number of nitrogens with zero attached hydrogens (tertiary/aromatic N) is 2. The highest BCUT2D eigenvalue weighted by Crippen LogP contribution is 2.22. The van der Waals surface area contributed by atoms with Crippen LogP contribution in [0, 0.1) is 0 Å². The normalized spacial score (nSPS) is 17.6. The Morgan fingerprint density at radius 1 is 1.26 bits per heavy atom. The quantitative estimate of drug-likeness (QED) is 0.782. The average molecular weight is 306 g/mol. The number of benzene rings is 1. The van der Waals surface area contributed by atoms with Crippen LogP contribution in [-0.2, 0) is 0 Å². The van der Waals surface area contributed by atoms with Crippen LogP contribution in [0.15, 0.2) is 55.0 Å². The molecule has 1 fully saturated rings. The Bertz CT molecular complexity index is 827. The third-order valence-electron chi connectivity index (χ3n) is 4.33. The van der Waals surface area contributed by atoms with Gasteiger partial charge in [-0.2, -0.15) is 0 Å². The van der Waals surface area contributed by atoms with E-state index in [2.05, 4.69) is 15.3 Å². The molecule has 1 aromatic carbocycles. The van der Waals surface area contributed by atoms with Gasteiger partial charge in [-0.15, -0.1) is 0 Å². The zero-order chi connectivity index (χ0) is 15.6. The molecule has 0 bridgehead atoms. The molecule has 1 unspecified atom stereocenters. The molecule has 23 heavy (non-hydrogen) atoms. The molecule has 1 aliphatic rings. The van der Waals surface area contributed by atoms with E-state index in [4.69, 9.17) is 0 Å². The first kappa shape index (κ1) is 13.8. The van der Waals surface area contributed by atoms with E-state index in [9.17, 15) is 4.79 Å². The molecule has 2 N–H and O–H groups in total. The van der Waals surface area contributed by atoms with Crippen molar-refractivity contribution in [1.82, 2.24) is 14.9 Å². The fourth-order valence-corrected chi connectivity index (χ4v) is 3.19. The summed E-state index contributed by atoms with van der Waals surface area (Å²) in [5.41, 5.74) is 2.77. The van der Waals surface area contributed by atoms with Gasteiger partial charge in [0.2, 0.25) is 0 Å². The fourth-order valence-electron chi connectivity index (χ4n) is 3.19. The number of rotatable bonds is 3. The van der Waals surface area contributed by atoms with Gasteiger partial charge in [0.05, 0.1) is 5.69 Å². The second kappa shape index (κ2) is 5.76. The maximum atomic E-state index is 12.8. The van der Waals surface area contributed by atoms with Crippen molar-refractivity contribution < 1.29 is 4.79 Å². The molecule has 0 radical (unpaired) electrons. The summed E-state index contributed by atoms with van der Waals surface area (Å²) in [7, 11) is 0. The molecule has 2 aromatic heterocycles. The lowest BCUT2D eigenvalue weighted by molar-refractivity contribution is 0.0793. The number of likely N-dealkylation sites (tertiary alicyclic amines) is 1. The zero-order valence-corrected chi connectivity index (χ0v) is 12.7. The number of carbonyl (C=O) groups is 1. The summed E-state index contributed by atoms with van der Waals surface area (Å²) in [5, 5.41) is 4.43. The first-order valence-electron chi connectivity index (χ1n) is 7.83. The van der Waals surface area contributed by atoms with Gasteiger partial charge in [-0.1, -0.05) is 6.07 Å². The molecule has 0 spiro atoms. The fraction of sp³-hybridized carbons (Fsp3) is 0.222. The van der Waals surface area contributed by atoms with E-state index in [1.165, 1.54) is 0 Å². The lowest BCUT2D eigenvalue weighted by atomic mass is 10.1. The number of hydrogen-bond acceptors (Lipinski definition) is 3. The molecule has 5 heteroatoms. The molecule has 5 nitrogen and oxygen atoms in total. The maximum absolute atomic E-state index is 12.8. The molecule has 1 atom stereocenters. The Kier molecular flexibility index (Phi) is 3.46. The molecule has 0 saturated carbocycles. The van der Waals surface area contributed by atoms with Crippen molar-refractivity contribution >= 4 is 22.5 Å². The summed E-state index contributed by atoms with van der Waals surface area (Å²) in [4.78, 5) is 22.0. The average Bonchev–Trinajstić information content (AvgIpc) is 3.24. The highest BCUT2D eigenvalue weighted by Gasteiger charge is 2.27. The Morgan fingerprint density at radius 3 is 3.09 bits per heavy atom. The number of aromatic amines is 1. The summed E-state index contributed by atoms with van der Waals surface area (Å²) in [6.07, 6.45) is 6.39. The Labute approximate surface area is 134 Å². The van der Waals surface area contributed by atoms with Gasteiger partial charge in [0.25, 0.3) is 5.91 Å². The predicted octanol–water partition coefficient (Wildman–Crippen LogP) is 2.89. The van der Waals surface area contributed by atoms with Crippen molar-refractivity contribution in [3.05, 3.63) is 60.6 Å². The number of aromatic nitrogens is 2. The molecule has 1 amide bonds. The lowest BCUT2D eigenvalue weighted by Crippen LogP contribution is -2.31. The van der Waals surface area contributed by atoms with Gasteiger partial charge in [0.15, 0.2) is 0 Å². The highest BCUT2D eigenvalue weighted by atomic mass is 16.2. The van der Waals surface area contributed by atoms with Crippen LogP contribution in [0.1, 0.15) is 16.8 Å². The van der Waals surface area contributed by atoms with Crippen molar-refractivity contribution in [3.8, 4) is 0 Å². The predicted molar refractivity (Wildman–Crippen MR) is 90.5 cm³/mol. The number of fused-ring (bicyclic) bond motifs is 1. The SMILES string of the molecule is O=C(c1cccc2[nH]ccc12)N1CCC(Nc2cccnc2)C1.